The van der Waals surface area contributed by atoms with E-state index in [9.17, 15) is 18.2 Å². The Hall–Kier alpha value is -3.36. The second-order valence-electron chi connectivity index (χ2n) is 10.8. The molecular weight excluding hydrogens is 513 g/mol. The number of carbonyl (C=O) groups excluding carboxylic acids is 2. The summed E-state index contributed by atoms with van der Waals surface area (Å²) in [5.41, 5.74) is 1.88. The number of benzene rings is 3. The number of nitrogens with zero attached hydrogens (tertiary/aromatic N) is 2. The Morgan fingerprint density at radius 2 is 1.72 bits per heavy atom. The van der Waals surface area contributed by atoms with Crippen molar-refractivity contribution in [1.82, 2.24) is 10.2 Å². The summed E-state index contributed by atoms with van der Waals surface area (Å²) in [7, 11) is -1.61. The molecule has 0 radical (unpaired) electrons. The molecule has 3 atom stereocenters. The highest BCUT2D eigenvalue weighted by atomic mass is 32.2. The van der Waals surface area contributed by atoms with Crippen LogP contribution in [0, 0.1) is 17.7 Å². The zero-order valence-electron chi connectivity index (χ0n) is 22.4. The van der Waals surface area contributed by atoms with Crippen LogP contribution in [0.4, 0.5) is 10.1 Å². The maximum atomic E-state index is 13.7. The minimum Gasteiger partial charge on any atom is -0.352 e. The van der Waals surface area contributed by atoms with Gasteiger partial charge in [0.05, 0.1) is 38.4 Å². The summed E-state index contributed by atoms with van der Waals surface area (Å²) in [6, 6.07) is 17.8. The highest BCUT2D eigenvalue weighted by Crippen LogP contribution is 2.36. The number of halogens is 1. The van der Waals surface area contributed by atoms with Crippen molar-refractivity contribution in [3.63, 3.8) is 0 Å². The van der Waals surface area contributed by atoms with Gasteiger partial charge in [0.25, 0.3) is 11.8 Å². The standard InChI is InChI=1S/C31H34FN3O3S/c1-21-16-22(2)19-34(18-21)15-5-14-33-30(36)24-10-13-29-27(17-24)35(20-23-8-11-25(32)12-9-23)31(37)26-6-3-4-7-28(26)39(29)38/h3-4,6-13,17,21-22H,5,14-16,18-20H2,1-2H3,(H,33,36)/t21-,22-,39-/m1/s1. The van der Waals surface area contributed by atoms with Gasteiger partial charge in [0.15, 0.2) is 0 Å². The molecule has 5 rings (SSSR count). The molecule has 204 valence electrons. The molecule has 2 heterocycles. The van der Waals surface area contributed by atoms with Crippen molar-refractivity contribution in [3.05, 3.63) is 89.2 Å². The molecule has 2 aliphatic rings. The normalized spacial score (nSPS) is 21.2. The average molecular weight is 548 g/mol. The summed E-state index contributed by atoms with van der Waals surface area (Å²) < 4.78 is 27.1. The van der Waals surface area contributed by atoms with Gasteiger partial charge in [-0.05, 0) is 79.3 Å². The topological polar surface area (TPSA) is 69.7 Å². The van der Waals surface area contributed by atoms with Crippen LogP contribution in [-0.4, -0.2) is 47.1 Å². The average Bonchev–Trinajstić information content (AvgIpc) is 3.01. The lowest BCUT2D eigenvalue weighted by Crippen LogP contribution is -2.40. The van der Waals surface area contributed by atoms with Gasteiger partial charge >= 0.3 is 0 Å². The van der Waals surface area contributed by atoms with Gasteiger partial charge in [-0.15, -0.1) is 0 Å². The maximum absolute atomic E-state index is 13.7. The van der Waals surface area contributed by atoms with Crippen LogP contribution in [0.5, 0.6) is 0 Å². The predicted molar refractivity (Wildman–Crippen MR) is 151 cm³/mol. The number of likely N-dealkylation sites (tertiary alicyclic amines) is 1. The van der Waals surface area contributed by atoms with Crippen LogP contribution in [-0.2, 0) is 17.3 Å². The monoisotopic (exact) mass is 547 g/mol. The molecule has 0 unspecified atom stereocenters. The highest BCUT2D eigenvalue weighted by Gasteiger charge is 2.31. The van der Waals surface area contributed by atoms with Crippen LogP contribution in [0.1, 0.15) is 53.0 Å². The first-order chi connectivity index (χ1) is 18.8. The number of hydrogen-bond acceptors (Lipinski definition) is 4. The van der Waals surface area contributed by atoms with Crippen molar-refractivity contribution in [2.75, 3.05) is 31.1 Å². The summed E-state index contributed by atoms with van der Waals surface area (Å²) in [6.07, 6.45) is 2.12. The Balaban J connectivity index is 1.36. The minimum absolute atomic E-state index is 0.148. The molecule has 0 saturated carbocycles. The van der Waals surface area contributed by atoms with E-state index in [4.69, 9.17) is 0 Å². The Morgan fingerprint density at radius 1 is 1.00 bits per heavy atom. The predicted octanol–water partition coefficient (Wildman–Crippen LogP) is 5.25. The first-order valence-corrected chi connectivity index (χ1v) is 14.7. The number of amides is 2. The van der Waals surface area contributed by atoms with E-state index in [-0.39, 0.29) is 24.2 Å². The molecule has 1 N–H and O–H groups in total. The largest absolute Gasteiger partial charge is 0.352 e. The summed E-state index contributed by atoms with van der Waals surface area (Å²) in [5.74, 6) is 0.473. The quantitative estimate of drug-likeness (QED) is 0.410. The fraction of sp³-hybridized carbons (Fsp3) is 0.355. The van der Waals surface area contributed by atoms with Gasteiger partial charge in [0.1, 0.15) is 5.82 Å². The van der Waals surface area contributed by atoms with Crippen molar-refractivity contribution in [3.8, 4) is 0 Å². The molecule has 1 fully saturated rings. The third kappa shape index (κ3) is 6.12. The van der Waals surface area contributed by atoms with Crippen molar-refractivity contribution in [2.24, 2.45) is 11.8 Å². The van der Waals surface area contributed by atoms with Gasteiger partial charge < -0.3 is 15.1 Å². The van der Waals surface area contributed by atoms with Gasteiger partial charge in [0.2, 0.25) is 0 Å². The number of nitrogens with one attached hydrogen (secondary N) is 1. The molecule has 6 nitrogen and oxygen atoms in total. The molecule has 2 amide bonds. The van der Waals surface area contributed by atoms with Crippen molar-refractivity contribution in [1.29, 1.82) is 0 Å². The van der Waals surface area contributed by atoms with E-state index in [1.807, 2.05) is 0 Å². The molecule has 0 bridgehead atoms. The number of hydrogen-bond donors (Lipinski definition) is 1. The van der Waals surface area contributed by atoms with Crippen molar-refractivity contribution >= 4 is 28.3 Å². The van der Waals surface area contributed by atoms with Crippen LogP contribution in [0.25, 0.3) is 0 Å². The molecule has 39 heavy (non-hydrogen) atoms. The van der Waals surface area contributed by atoms with Crippen molar-refractivity contribution in [2.45, 2.75) is 43.0 Å². The lowest BCUT2D eigenvalue weighted by atomic mass is 9.92. The van der Waals surface area contributed by atoms with E-state index >= 15 is 0 Å². The third-order valence-electron chi connectivity index (χ3n) is 7.41. The van der Waals surface area contributed by atoms with E-state index in [0.29, 0.717) is 45.0 Å². The summed E-state index contributed by atoms with van der Waals surface area (Å²) in [5, 5.41) is 3.01. The number of carbonyl (C=O) groups is 2. The Morgan fingerprint density at radius 3 is 2.46 bits per heavy atom. The van der Waals surface area contributed by atoms with Gasteiger partial charge in [0, 0.05) is 25.2 Å². The lowest BCUT2D eigenvalue weighted by molar-refractivity contribution is 0.0944. The second kappa shape index (κ2) is 11.8. The summed E-state index contributed by atoms with van der Waals surface area (Å²) in [4.78, 5) is 31.7. The molecule has 0 aliphatic carbocycles. The molecule has 0 aromatic heterocycles. The fourth-order valence-corrected chi connectivity index (χ4v) is 7.06. The number of piperidine rings is 1. The zero-order chi connectivity index (χ0) is 27.5. The summed E-state index contributed by atoms with van der Waals surface area (Å²) >= 11 is 0. The molecule has 0 spiro atoms. The molecule has 2 aliphatic heterocycles. The van der Waals surface area contributed by atoms with Gasteiger partial charge in [-0.25, -0.2) is 8.60 Å². The zero-order valence-corrected chi connectivity index (χ0v) is 23.2. The van der Waals surface area contributed by atoms with E-state index in [0.717, 1.165) is 31.6 Å². The highest BCUT2D eigenvalue weighted by molar-refractivity contribution is 7.85. The molecule has 1 saturated heterocycles. The van der Waals surface area contributed by atoms with E-state index in [1.165, 1.54) is 23.5 Å². The maximum Gasteiger partial charge on any atom is 0.259 e. The fourth-order valence-electron chi connectivity index (χ4n) is 5.72. The SMILES string of the molecule is C[C@@H]1C[C@@H](C)CN(CCCNC(=O)c2ccc3c(c2)N(Cc2ccc(F)cc2)C(=O)c2ccccc2[S@]3=O)C1. The van der Waals surface area contributed by atoms with Crippen molar-refractivity contribution < 1.29 is 18.2 Å². The number of anilines is 1. The Kier molecular flexibility index (Phi) is 8.23. The second-order valence-corrected chi connectivity index (χ2v) is 12.2. The molecule has 3 aromatic rings. The van der Waals surface area contributed by atoms with Gasteiger partial charge in [-0.1, -0.05) is 38.1 Å². The van der Waals surface area contributed by atoms with Crippen LogP contribution < -0.4 is 10.2 Å². The first kappa shape index (κ1) is 27.2. The smallest absolute Gasteiger partial charge is 0.259 e. The lowest BCUT2D eigenvalue weighted by Gasteiger charge is -2.34. The minimum atomic E-state index is -1.61. The van der Waals surface area contributed by atoms with Crippen LogP contribution >= 0.6 is 0 Å². The number of rotatable bonds is 7. The van der Waals surface area contributed by atoms with Gasteiger partial charge in [-0.2, -0.15) is 0 Å². The molecule has 8 heteroatoms. The van der Waals surface area contributed by atoms with E-state index in [2.05, 4.69) is 24.1 Å². The molecule has 3 aromatic carbocycles. The van der Waals surface area contributed by atoms with Crippen LogP contribution in [0.3, 0.4) is 0 Å². The van der Waals surface area contributed by atoms with E-state index in [1.54, 1.807) is 54.6 Å². The first-order valence-electron chi connectivity index (χ1n) is 13.5. The summed E-state index contributed by atoms with van der Waals surface area (Å²) in [6.45, 7) is 8.41. The van der Waals surface area contributed by atoms with Crippen LogP contribution in [0.2, 0.25) is 0 Å². The van der Waals surface area contributed by atoms with E-state index < -0.39 is 10.8 Å². The Labute approximate surface area is 231 Å². The van der Waals surface area contributed by atoms with Gasteiger partial charge in [-0.3, -0.25) is 9.59 Å². The Bertz CT molecular complexity index is 1380. The third-order valence-corrected chi connectivity index (χ3v) is 8.91. The molecular formula is C31H34FN3O3S. The number of fused-ring (bicyclic) bond motifs is 2. The van der Waals surface area contributed by atoms with Crippen LogP contribution in [0.15, 0.2) is 76.5 Å².